The van der Waals surface area contributed by atoms with Gasteiger partial charge in [0.25, 0.3) is 0 Å². The summed E-state index contributed by atoms with van der Waals surface area (Å²) in [7, 11) is 0. The Morgan fingerprint density at radius 1 is 0.706 bits per heavy atom. The molecule has 3 aromatic carbocycles. The van der Waals surface area contributed by atoms with Gasteiger partial charge in [-0.05, 0) is 16.7 Å². The lowest BCUT2D eigenvalue weighted by Crippen LogP contribution is -2.49. The van der Waals surface area contributed by atoms with E-state index in [4.69, 9.17) is 18.9 Å². The number of hydrogen-bond donors (Lipinski definition) is 0. The van der Waals surface area contributed by atoms with Crippen LogP contribution in [0.1, 0.15) is 23.1 Å². The summed E-state index contributed by atoms with van der Waals surface area (Å²) in [5.41, 5.74) is 2.93. The minimum absolute atomic E-state index is 0.0657. The van der Waals surface area contributed by atoms with Gasteiger partial charge in [0.2, 0.25) is 0 Å². The van der Waals surface area contributed by atoms with E-state index in [1.165, 1.54) is 0 Å². The minimum atomic E-state index is -1.84. The molecule has 0 aromatic heterocycles. The van der Waals surface area contributed by atoms with Crippen LogP contribution >= 0.6 is 0 Å². The molecule has 1 fully saturated rings. The molecule has 0 N–H and O–H groups in total. The molecule has 0 spiro atoms. The van der Waals surface area contributed by atoms with Crippen molar-refractivity contribution in [2.24, 2.45) is 0 Å². The monoisotopic (exact) mass is 466 g/mol. The maximum atomic E-state index is 13.6. The smallest absolute Gasteiger partial charge is 0.307 e. The van der Waals surface area contributed by atoms with Gasteiger partial charge < -0.3 is 18.9 Å². The molecule has 178 valence electrons. The Morgan fingerprint density at radius 2 is 1.21 bits per heavy atom. The van der Waals surface area contributed by atoms with Crippen molar-refractivity contribution in [2.75, 3.05) is 6.61 Å². The Kier molecular flexibility index (Phi) is 8.79. The zero-order valence-corrected chi connectivity index (χ0v) is 18.8. The molecular weight excluding hydrogens is 438 g/mol. The Labute approximate surface area is 198 Å². The first kappa shape index (κ1) is 24.1. The maximum Gasteiger partial charge on any atom is 0.307 e. The van der Waals surface area contributed by atoms with Crippen molar-refractivity contribution in [1.29, 1.82) is 0 Å². The van der Waals surface area contributed by atoms with Gasteiger partial charge in [-0.3, -0.25) is 0 Å². The molecule has 1 aliphatic heterocycles. The van der Waals surface area contributed by atoms with Crippen LogP contribution in [0.25, 0.3) is 0 Å². The summed E-state index contributed by atoms with van der Waals surface area (Å²) in [5.74, 6) is -0.370. The molecule has 6 heteroatoms. The summed E-state index contributed by atoms with van der Waals surface area (Å²) >= 11 is 0. The van der Waals surface area contributed by atoms with Crippen LogP contribution in [0.2, 0.25) is 0 Å². The van der Waals surface area contributed by atoms with Gasteiger partial charge in [-0.15, -0.1) is 0 Å². The highest BCUT2D eigenvalue weighted by molar-refractivity contribution is 5.16. The van der Waals surface area contributed by atoms with Crippen LogP contribution in [0.3, 0.4) is 0 Å². The third kappa shape index (κ3) is 6.97. The van der Waals surface area contributed by atoms with Crippen molar-refractivity contribution in [3.05, 3.63) is 120 Å². The molecule has 34 heavy (non-hydrogen) atoms. The van der Waals surface area contributed by atoms with Gasteiger partial charge in [0, 0.05) is 6.42 Å². The second kappa shape index (κ2) is 12.4. The number of benzene rings is 3. The number of hydrogen-bond acceptors (Lipinski definition) is 4. The lowest BCUT2D eigenvalue weighted by Gasteiger charge is -2.38. The largest absolute Gasteiger partial charge is 0.484 e. The average Bonchev–Trinajstić information content (AvgIpc) is 2.88. The Hall–Kier alpha value is -3.06. The van der Waals surface area contributed by atoms with Crippen LogP contribution in [0.15, 0.2) is 103 Å². The highest BCUT2D eigenvalue weighted by Crippen LogP contribution is 2.32. The molecule has 3 aromatic rings. The summed E-state index contributed by atoms with van der Waals surface area (Å²) in [6.45, 7) is 1.04. The van der Waals surface area contributed by atoms with Crippen LogP contribution in [0.4, 0.5) is 8.78 Å². The first-order valence-corrected chi connectivity index (χ1v) is 11.3. The molecule has 1 heterocycles. The van der Waals surface area contributed by atoms with Crippen LogP contribution in [0.5, 0.6) is 0 Å². The Morgan fingerprint density at radius 3 is 1.74 bits per heavy atom. The molecule has 0 bridgehead atoms. The number of ether oxygens (including phenoxy) is 4. The van der Waals surface area contributed by atoms with E-state index in [9.17, 15) is 8.78 Å². The van der Waals surface area contributed by atoms with Crippen molar-refractivity contribution < 1.29 is 27.7 Å². The molecule has 4 rings (SSSR count). The molecule has 0 aliphatic carbocycles. The van der Waals surface area contributed by atoms with E-state index in [0.29, 0.717) is 13.2 Å². The summed E-state index contributed by atoms with van der Waals surface area (Å²) in [4.78, 5) is 0. The molecule has 1 aliphatic rings. The molecule has 3 atom stereocenters. The lowest BCUT2D eigenvalue weighted by atomic mass is 10.00. The van der Waals surface area contributed by atoms with Gasteiger partial charge >= 0.3 is 6.08 Å². The fourth-order valence-electron chi connectivity index (χ4n) is 3.87. The van der Waals surface area contributed by atoms with Crippen molar-refractivity contribution in [3.63, 3.8) is 0 Å². The zero-order valence-electron chi connectivity index (χ0n) is 18.8. The van der Waals surface area contributed by atoms with Gasteiger partial charge in [-0.1, -0.05) is 91.0 Å². The van der Waals surface area contributed by atoms with E-state index in [1.807, 2.05) is 91.0 Å². The van der Waals surface area contributed by atoms with Crippen molar-refractivity contribution in [3.8, 4) is 0 Å². The summed E-state index contributed by atoms with van der Waals surface area (Å²) < 4.78 is 51.1. The van der Waals surface area contributed by atoms with Gasteiger partial charge in [0.05, 0.1) is 32.5 Å². The quantitative estimate of drug-likeness (QED) is 0.353. The van der Waals surface area contributed by atoms with Gasteiger partial charge in [0.1, 0.15) is 6.10 Å². The zero-order chi connectivity index (χ0) is 23.6. The Bertz CT molecular complexity index is 1020. The second-order valence-corrected chi connectivity index (χ2v) is 8.14. The SMILES string of the molecule is FC(F)=C1C[C@@H](OCc2ccccc2)[C@H](OCc2ccccc2)C(COCc2ccccc2)O1. The molecule has 0 saturated carbocycles. The number of halogens is 2. The van der Waals surface area contributed by atoms with Crippen LogP contribution in [-0.2, 0) is 38.8 Å². The number of rotatable bonds is 10. The van der Waals surface area contributed by atoms with E-state index in [2.05, 4.69) is 0 Å². The van der Waals surface area contributed by atoms with E-state index < -0.39 is 24.4 Å². The normalized spacial score (nSPS) is 20.1. The van der Waals surface area contributed by atoms with Crippen LogP contribution in [0, 0.1) is 0 Å². The third-order valence-corrected chi connectivity index (χ3v) is 5.61. The van der Waals surface area contributed by atoms with E-state index >= 15 is 0 Å². The van der Waals surface area contributed by atoms with Crippen LogP contribution in [-0.4, -0.2) is 24.9 Å². The first-order chi connectivity index (χ1) is 16.7. The summed E-state index contributed by atoms with van der Waals surface area (Å²) in [6, 6.07) is 29.0. The van der Waals surface area contributed by atoms with E-state index in [-0.39, 0.29) is 25.4 Å². The molecule has 0 amide bonds. The fourth-order valence-corrected chi connectivity index (χ4v) is 3.87. The minimum Gasteiger partial charge on any atom is -0.484 e. The predicted molar refractivity (Wildman–Crippen MR) is 125 cm³/mol. The molecule has 4 nitrogen and oxygen atoms in total. The van der Waals surface area contributed by atoms with Crippen molar-refractivity contribution in [1.82, 2.24) is 0 Å². The molecule has 1 saturated heterocycles. The van der Waals surface area contributed by atoms with Crippen molar-refractivity contribution in [2.45, 2.75) is 44.6 Å². The highest BCUT2D eigenvalue weighted by atomic mass is 19.3. The van der Waals surface area contributed by atoms with Crippen molar-refractivity contribution >= 4 is 0 Å². The standard InChI is InChI=1S/C28H28F2O4/c29-28(30)25-16-24(32-18-22-12-6-2-7-13-22)27(33-19-23-14-8-3-9-15-23)26(34-25)20-31-17-21-10-4-1-5-11-21/h1-15,24,26-27H,16-20H2/t24-,26?,27+/m1/s1. The predicted octanol–water partition coefficient (Wildman–Crippen LogP) is 6.27. The molecule has 0 radical (unpaired) electrons. The van der Waals surface area contributed by atoms with Gasteiger partial charge in [0.15, 0.2) is 11.9 Å². The average molecular weight is 467 g/mol. The van der Waals surface area contributed by atoms with Gasteiger partial charge in [-0.2, -0.15) is 8.78 Å². The topological polar surface area (TPSA) is 36.9 Å². The second-order valence-electron chi connectivity index (χ2n) is 8.14. The lowest BCUT2D eigenvalue weighted by molar-refractivity contribution is -0.180. The molecule has 1 unspecified atom stereocenters. The third-order valence-electron chi connectivity index (χ3n) is 5.61. The summed E-state index contributed by atoms with van der Waals surface area (Å²) in [6.07, 6.45) is -3.84. The van der Waals surface area contributed by atoms with E-state index in [0.717, 1.165) is 16.7 Å². The highest BCUT2D eigenvalue weighted by Gasteiger charge is 2.40. The fraction of sp³-hybridized carbons (Fsp3) is 0.286. The van der Waals surface area contributed by atoms with Crippen LogP contribution < -0.4 is 0 Å². The summed E-state index contributed by atoms with van der Waals surface area (Å²) in [5, 5.41) is 0. The maximum absolute atomic E-state index is 13.6. The molecular formula is C28H28F2O4. The first-order valence-electron chi connectivity index (χ1n) is 11.3. The Balaban J connectivity index is 1.49. The van der Waals surface area contributed by atoms with Gasteiger partial charge in [-0.25, -0.2) is 0 Å². The van der Waals surface area contributed by atoms with E-state index in [1.54, 1.807) is 0 Å².